The molecule has 18 heavy (non-hydrogen) atoms. The van der Waals surface area contributed by atoms with Gasteiger partial charge in [0.2, 0.25) is 5.91 Å². The molecule has 2 N–H and O–H groups in total. The fourth-order valence-corrected chi connectivity index (χ4v) is 2.17. The summed E-state index contributed by atoms with van der Waals surface area (Å²) in [6.45, 7) is 12.0. The minimum atomic E-state index is 0.127. The first-order chi connectivity index (χ1) is 8.50. The predicted molar refractivity (Wildman–Crippen MR) is 75.6 cm³/mol. The molecule has 0 aliphatic heterocycles. The van der Waals surface area contributed by atoms with Crippen LogP contribution in [0.5, 0.6) is 0 Å². The van der Waals surface area contributed by atoms with Crippen LogP contribution in [0, 0.1) is 5.92 Å². The second-order valence-corrected chi connectivity index (χ2v) is 5.85. The average molecular weight is 255 g/mol. The van der Waals surface area contributed by atoms with E-state index >= 15 is 0 Å². The highest BCUT2D eigenvalue weighted by molar-refractivity contribution is 5.77. The normalized spacial score (nSPS) is 15.7. The summed E-state index contributed by atoms with van der Waals surface area (Å²) in [5.41, 5.74) is 0. The number of amides is 1. The summed E-state index contributed by atoms with van der Waals surface area (Å²) in [5, 5.41) is 6.18. The third-order valence-electron chi connectivity index (χ3n) is 3.44. The highest BCUT2D eigenvalue weighted by Crippen LogP contribution is 2.27. The van der Waals surface area contributed by atoms with E-state index in [2.05, 4.69) is 43.2 Å². The van der Waals surface area contributed by atoms with Gasteiger partial charge < -0.3 is 10.6 Å². The Balaban J connectivity index is 2.03. The maximum atomic E-state index is 11.5. The lowest BCUT2D eigenvalue weighted by Crippen LogP contribution is -2.43. The molecular weight excluding hydrogens is 226 g/mol. The molecular formula is C14H29N3O. The minimum Gasteiger partial charge on any atom is -0.355 e. The predicted octanol–water partition coefficient (Wildman–Crippen LogP) is 1.22. The molecule has 1 aliphatic rings. The van der Waals surface area contributed by atoms with Crippen molar-refractivity contribution in [2.45, 2.75) is 52.6 Å². The Hall–Kier alpha value is -0.610. The second-order valence-electron chi connectivity index (χ2n) is 5.85. The Morgan fingerprint density at radius 3 is 2.33 bits per heavy atom. The third-order valence-corrected chi connectivity index (χ3v) is 3.44. The van der Waals surface area contributed by atoms with Gasteiger partial charge in [-0.1, -0.05) is 0 Å². The van der Waals surface area contributed by atoms with Gasteiger partial charge in [0.05, 0.1) is 6.54 Å². The summed E-state index contributed by atoms with van der Waals surface area (Å²) in [6.07, 6.45) is 2.57. The number of hydrogen-bond donors (Lipinski definition) is 2. The Labute approximate surface area is 111 Å². The van der Waals surface area contributed by atoms with Gasteiger partial charge >= 0.3 is 0 Å². The average Bonchev–Trinajstić information content (AvgIpc) is 3.08. The van der Waals surface area contributed by atoms with E-state index in [0.29, 0.717) is 18.6 Å². The van der Waals surface area contributed by atoms with Crippen LogP contribution in [-0.4, -0.2) is 49.1 Å². The van der Waals surface area contributed by atoms with E-state index in [1.54, 1.807) is 0 Å². The summed E-state index contributed by atoms with van der Waals surface area (Å²) in [4.78, 5) is 13.9. The zero-order valence-electron chi connectivity index (χ0n) is 12.3. The molecule has 1 rings (SSSR count). The van der Waals surface area contributed by atoms with Gasteiger partial charge in [-0.2, -0.15) is 0 Å². The van der Waals surface area contributed by atoms with Crippen molar-refractivity contribution in [3.8, 4) is 0 Å². The molecule has 0 heterocycles. The molecule has 0 unspecified atom stereocenters. The van der Waals surface area contributed by atoms with E-state index in [-0.39, 0.29) is 5.91 Å². The van der Waals surface area contributed by atoms with Crippen LogP contribution in [-0.2, 0) is 4.79 Å². The van der Waals surface area contributed by atoms with Crippen molar-refractivity contribution in [1.82, 2.24) is 15.5 Å². The van der Waals surface area contributed by atoms with Crippen molar-refractivity contribution in [2.75, 3.05) is 26.2 Å². The number of nitrogens with zero attached hydrogens (tertiary/aromatic N) is 1. The van der Waals surface area contributed by atoms with Crippen molar-refractivity contribution in [2.24, 2.45) is 5.92 Å². The topological polar surface area (TPSA) is 44.4 Å². The van der Waals surface area contributed by atoms with Gasteiger partial charge in [-0.25, -0.2) is 0 Å². The third kappa shape index (κ3) is 6.36. The number of rotatable bonds is 9. The number of hydrogen-bond acceptors (Lipinski definition) is 3. The lowest BCUT2D eigenvalue weighted by Gasteiger charge is -2.30. The van der Waals surface area contributed by atoms with E-state index in [1.165, 1.54) is 12.8 Å². The van der Waals surface area contributed by atoms with Crippen molar-refractivity contribution in [3.63, 3.8) is 0 Å². The molecule has 106 valence electrons. The van der Waals surface area contributed by atoms with Crippen LogP contribution in [0.15, 0.2) is 0 Å². The minimum absolute atomic E-state index is 0.127. The van der Waals surface area contributed by atoms with Crippen LogP contribution in [0.1, 0.15) is 40.5 Å². The van der Waals surface area contributed by atoms with E-state index in [0.717, 1.165) is 25.6 Å². The summed E-state index contributed by atoms with van der Waals surface area (Å²) in [5.74, 6) is 0.883. The molecule has 0 radical (unpaired) electrons. The van der Waals surface area contributed by atoms with Crippen LogP contribution in [0.4, 0.5) is 0 Å². The van der Waals surface area contributed by atoms with Gasteiger partial charge in [0.15, 0.2) is 0 Å². The van der Waals surface area contributed by atoms with Gasteiger partial charge in [-0.3, -0.25) is 9.69 Å². The summed E-state index contributed by atoms with van der Waals surface area (Å²) in [7, 11) is 0. The van der Waals surface area contributed by atoms with Crippen molar-refractivity contribution in [1.29, 1.82) is 0 Å². The van der Waals surface area contributed by atoms with Crippen molar-refractivity contribution < 1.29 is 4.79 Å². The standard InChI is InChI=1S/C14H29N3O/c1-11(2)17(12(3)4)8-7-15-10-14(18)16-9-13-5-6-13/h11-13,15H,5-10H2,1-4H3,(H,16,18). The van der Waals surface area contributed by atoms with Gasteiger partial charge in [0.1, 0.15) is 0 Å². The lowest BCUT2D eigenvalue weighted by molar-refractivity contribution is -0.120. The Morgan fingerprint density at radius 2 is 1.83 bits per heavy atom. The first-order valence-corrected chi connectivity index (χ1v) is 7.24. The monoisotopic (exact) mass is 255 g/mol. The zero-order valence-corrected chi connectivity index (χ0v) is 12.3. The van der Waals surface area contributed by atoms with Crippen molar-refractivity contribution in [3.05, 3.63) is 0 Å². The lowest BCUT2D eigenvalue weighted by atomic mass is 10.2. The first kappa shape index (κ1) is 15.4. The van der Waals surface area contributed by atoms with Crippen molar-refractivity contribution >= 4 is 5.91 Å². The van der Waals surface area contributed by atoms with Crippen LogP contribution < -0.4 is 10.6 Å². The van der Waals surface area contributed by atoms with E-state index in [9.17, 15) is 4.79 Å². The second kappa shape index (κ2) is 7.74. The maximum Gasteiger partial charge on any atom is 0.233 e. The largest absolute Gasteiger partial charge is 0.355 e. The number of carbonyl (C=O) groups excluding carboxylic acids is 1. The van der Waals surface area contributed by atoms with E-state index in [1.807, 2.05) is 0 Å². The number of carbonyl (C=O) groups is 1. The quantitative estimate of drug-likeness (QED) is 0.609. The van der Waals surface area contributed by atoms with Gasteiger partial charge in [0, 0.05) is 31.7 Å². The number of nitrogens with one attached hydrogen (secondary N) is 2. The molecule has 0 spiro atoms. The molecule has 0 atom stereocenters. The maximum absolute atomic E-state index is 11.5. The van der Waals surface area contributed by atoms with Crippen LogP contribution in [0.2, 0.25) is 0 Å². The molecule has 4 heteroatoms. The highest BCUT2D eigenvalue weighted by Gasteiger charge is 2.21. The molecule has 0 bridgehead atoms. The van der Waals surface area contributed by atoms with E-state index in [4.69, 9.17) is 0 Å². The zero-order chi connectivity index (χ0) is 13.5. The smallest absolute Gasteiger partial charge is 0.233 e. The molecule has 1 amide bonds. The molecule has 4 nitrogen and oxygen atoms in total. The van der Waals surface area contributed by atoms with E-state index < -0.39 is 0 Å². The van der Waals surface area contributed by atoms with Gasteiger partial charge in [-0.15, -0.1) is 0 Å². The Bertz CT molecular complexity index is 241. The van der Waals surface area contributed by atoms with Gasteiger partial charge in [0.25, 0.3) is 0 Å². The summed E-state index contributed by atoms with van der Waals surface area (Å²) >= 11 is 0. The molecule has 0 aromatic rings. The fourth-order valence-electron chi connectivity index (χ4n) is 2.17. The van der Waals surface area contributed by atoms with Crippen LogP contribution in [0.25, 0.3) is 0 Å². The molecule has 0 aromatic heterocycles. The highest BCUT2D eigenvalue weighted by atomic mass is 16.1. The Kier molecular flexibility index (Phi) is 6.65. The molecule has 1 saturated carbocycles. The SMILES string of the molecule is CC(C)N(CCNCC(=O)NCC1CC1)C(C)C. The Morgan fingerprint density at radius 1 is 1.22 bits per heavy atom. The molecule has 0 aromatic carbocycles. The summed E-state index contributed by atoms with van der Waals surface area (Å²) in [6, 6.07) is 1.10. The first-order valence-electron chi connectivity index (χ1n) is 7.24. The summed E-state index contributed by atoms with van der Waals surface area (Å²) < 4.78 is 0. The molecule has 0 saturated heterocycles. The van der Waals surface area contributed by atoms with Crippen LogP contribution >= 0.6 is 0 Å². The molecule has 1 aliphatic carbocycles. The van der Waals surface area contributed by atoms with Gasteiger partial charge in [-0.05, 0) is 46.5 Å². The van der Waals surface area contributed by atoms with Crippen LogP contribution in [0.3, 0.4) is 0 Å². The fraction of sp³-hybridized carbons (Fsp3) is 0.929. The molecule has 1 fully saturated rings.